The Kier molecular flexibility index (Phi) is 9.25. The van der Waals surface area contributed by atoms with Crippen LogP contribution in [-0.2, 0) is 9.59 Å². The first-order valence-corrected chi connectivity index (χ1v) is 12.7. The van der Waals surface area contributed by atoms with Gasteiger partial charge in [-0.2, -0.15) is 0 Å². The van der Waals surface area contributed by atoms with Crippen LogP contribution < -0.4 is 10.6 Å². The third-order valence-electron chi connectivity index (χ3n) is 6.15. The summed E-state index contributed by atoms with van der Waals surface area (Å²) in [6.07, 6.45) is 12.8. The van der Waals surface area contributed by atoms with E-state index in [1.165, 1.54) is 12.8 Å². The molecule has 0 aromatic heterocycles. The van der Waals surface area contributed by atoms with Crippen LogP contribution in [0.2, 0.25) is 0 Å². The first-order valence-electron chi connectivity index (χ1n) is 12.7. The number of anilines is 2. The molecule has 190 valence electrons. The number of hydrogen-bond donors (Lipinski definition) is 2. The number of unbranched alkanes of at least 4 members (excludes halogenated alkanes) is 3. The molecule has 0 spiro atoms. The van der Waals surface area contributed by atoms with Crippen molar-refractivity contribution >= 4 is 23.2 Å². The van der Waals surface area contributed by atoms with Crippen molar-refractivity contribution in [1.29, 1.82) is 0 Å². The standard InChI is InChI=1S/C28H36N6O2/c35-27(29-25-11-5-3-6-12-25)21-33-19-17-31(23-33)15-9-1-2-10-16-32-18-20-34(24-32)22-28(36)30-26-13-7-4-8-14-26/h3-8,11-14,17-20H,1-2,9-10,15-16,21-24H2,(H,29,35)(H,30,36). The number of amides is 2. The molecule has 4 rings (SSSR count). The van der Waals surface area contributed by atoms with E-state index in [2.05, 4.69) is 32.8 Å². The topological polar surface area (TPSA) is 71.2 Å². The van der Waals surface area contributed by atoms with Crippen LogP contribution in [0, 0.1) is 0 Å². The fourth-order valence-electron chi connectivity index (χ4n) is 4.32. The summed E-state index contributed by atoms with van der Waals surface area (Å²) in [5.74, 6) is -0.00176. The molecule has 0 radical (unpaired) electrons. The number of benzene rings is 2. The summed E-state index contributed by atoms with van der Waals surface area (Å²) in [5, 5.41) is 5.86. The smallest absolute Gasteiger partial charge is 0.243 e. The highest BCUT2D eigenvalue weighted by molar-refractivity contribution is 5.92. The van der Waals surface area contributed by atoms with Gasteiger partial charge in [0.15, 0.2) is 0 Å². The fourth-order valence-corrected chi connectivity index (χ4v) is 4.32. The van der Waals surface area contributed by atoms with E-state index in [0.717, 1.165) is 50.6 Å². The highest BCUT2D eigenvalue weighted by Crippen LogP contribution is 2.13. The van der Waals surface area contributed by atoms with Gasteiger partial charge in [-0.1, -0.05) is 49.2 Å². The Morgan fingerprint density at radius 3 is 1.36 bits per heavy atom. The van der Waals surface area contributed by atoms with Crippen LogP contribution in [0.1, 0.15) is 25.7 Å². The van der Waals surface area contributed by atoms with Gasteiger partial charge < -0.3 is 30.2 Å². The van der Waals surface area contributed by atoms with Crippen LogP contribution in [0.15, 0.2) is 85.5 Å². The Labute approximate surface area is 213 Å². The van der Waals surface area contributed by atoms with E-state index in [-0.39, 0.29) is 11.8 Å². The van der Waals surface area contributed by atoms with Crippen molar-refractivity contribution in [1.82, 2.24) is 19.6 Å². The van der Waals surface area contributed by atoms with Crippen molar-refractivity contribution in [3.8, 4) is 0 Å². The second-order valence-corrected chi connectivity index (χ2v) is 9.24. The van der Waals surface area contributed by atoms with Crippen molar-refractivity contribution in [2.24, 2.45) is 0 Å². The van der Waals surface area contributed by atoms with Crippen LogP contribution in [0.4, 0.5) is 11.4 Å². The van der Waals surface area contributed by atoms with E-state index in [9.17, 15) is 9.59 Å². The first kappa shape index (κ1) is 25.2. The summed E-state index contributed by atoms with van der Waals surface area (Å²) in [5.41, 5.74) is 1.65. The molecule has 0 saturated heterocycles. The summed E-state index contributed by atoms with van der Waals surface area (Å²) in [4.78, 5) is 33.0. The highest BCUT2D eigenvalue weighted by atomic mass is 16.2. The average Bonchev–Trinajstić information content (AvgIpc) is 3.51. The number of nitrogens with one attached hydrogen (secondary N) is 2. The molecule has 0 fully saturated rings. The molecule has 8 heteroatoms. The number of para-hydroxylation sites is 2. The number of carbonyl (C=O) groups is 2. The first-order chi connectivity index (χ1) is 17.6. The van der Waals surface area contributed by atoms with Gasteiger partial charge in [-0.15, -0.1) is 0 Å². The maximum absolute atomic E-state index is 12.2. The molecule has 2 aliphatic rings. The number of rotatable bonds is 13. The second kappa shape index (κ2) is 13.2. The van der Waals surface area contributed by atoms with E-state index >= 15 is 0 Å². The lowest BCUT2D eigenvalue weighted by Gasteiger charge is -2.21. The Hall–Kier alpha value is -3.94. The average molecular weight is 489 g/mol. The predicted octanol–water partition coefficient (Wildman–Crippen LogP) is 3.92. The van der Waals surface area contributed by atoms with Gasteiger partial charge in [-0.3, -0.25) is 9.59 Å². The van der Waals surface area contributed by atoms with Crippen LogP contribution in [0.25, 0.3) is 0 Å². The molecule has 2 aromatic carbocycles. The Bertz CT molecular complexity index is 943. The summed E-state index contributed by atoms with van der Waals surface area (Å²) in [6.45, 7) is 4.23. The molecule has 0 unspecified atom stereocenters. The molecule has 2 N–H and O–H groups in total. The van der Waals surface area contributed by atoms with E-state index < -0.39 is 0 Å². The number of carbonyl (C=O) groups excluding carboxylic acids is 2. The molecular weight excluding hydrogens is 452 g/mol. The summed E-state index contributed by atoms with van der Waals surface area (Å²) in [6, 6.07) is 19.1. The second-order valence-electron chi connectivity index (χ2n) is 9.24. The molecule has 0 aliphatic carbocycles. The normalized spacial score (nSPS) is 14.6. The number of nitrogens with zero attached hydrogens (tertiary/aromatic N) is 4. The van der Waals surface area contributed by atoms with Crippen molar-refractivity contribution < 1.29 is 9.59 Å². The van der Waals surface area contributed by atoms with Crippen molar-refractivity contribution in [2.75, 3.05) is 50.1 Å². The van der Waals surface area contributed by atoms with Gasteiger partial charge in [0.05, 0.1) is 26.4 Å². The largest absolute Gasteiger partial charge is 0.359 e. The Morgan fingerprint density at radius 2 is 0.944 bits per heavy atom. The fraction of sp³-hybridized carbons (Fsp3) is 0.357. The maximum Gasteiger partial charge on any atom is 0.243 e. The van der Waals surface area contributed by atoms with Gasteiger partial charge in [0.2, 0.25) is 11.8 Å². The van der Waals surface area contributed by atoms with E-state index in [1.807, 2.05) is 82.9 Å². The Balaban J connectivity index is 1.01. The van der Waals surface area contributed by atoms with Gasteiger partial charge in [-0.25, -0.2) is 0 Å². The molecule has 0 atom stereocenters. The molecule has 2 aromatic rings. The monoisotopic (exact) mass is 488 g/mol. The van der Waals surface area contributed by atoms with Gasteiger partial charge in [0.1, 0.15) is 0 Å². The lowest BCUT2D eigenvalue weighted by Crippen LogP contribution is -2.33. The zero-order chi connectivity index (χ0) is 25.0. The minimum absolute atomic E-state index is 0.000878. The third kappa shape index (κ3) is 8.37. The molecule has 8 nitrogen and oxygen atoms in total. The van der Waals surface area contributed by atoms with Crippen molar-refractivity contribution in [2.45, 2.75) is 25.7 Å². The van der Waals surface area contributed by atoms with Crippen LogP contribution in [0.3, 0.4) is 0 Å². The molecule has 2 amide bonds. The van der Waals surface area contributed by atoms with E-state index in [1.54, 1.807) is 0 Å². The molecule has 2 heterocycles. The summed E-state index contributed by atoms with van der Waals surface area (Å²) >= 11 is 0. The molecule has 0 bridgehead atoms. The maximum atomic E-state index is 12.2. The highest BCUT2D eigenvalue weighted by Gasteiger charge is 2.16. The zero-order valence-electron chi connectivity index (χ0n) is 20.8. The SMILES string of the molecule is O=C(CN1C=CN(CCCCCCN2C=CN(CC(=O)Nc3ccccc3)C2)C1)Nc1ccccc1. The minimum atomic E-state index is -0.000878. The third-order valence-corrected chi connectivity index (χ3v) is 6.15. The quantitative estimate of drug-likeness (QED) is 0.417. The van der Waals surface area contributed by atoms with Gasteiger partial charge in [0.25, 0.3) is 0 Å². The van der Waals surface area contributed by atoms with Crippen molar-refractivity contribution in [3.63, 3.8) is 0 Å². The van der Waals surface area contributed by atoms with E-state index in [0.29, 0.717) is 13.1 Å². The molecule has 0 saturated carbocycles. The Morgan fingerprint density at radius 1 is 0.556 bits per heavy atom. The molecule has 36 heavy (non-hydrogen) atoms. The predicted molar refractivity (Wildman–Crippen MR) is 143 cm³/mol. The van der Waals surface area contributed by atoms with Gasteiger partial charge in [-0.05, 0) is 37.1 Å². The van der Waals surface area contributed by atoms with Crippen LogP contribution >= 0.6 is 0 Å². The molecular formula is C28H36N6O2. The van der Waals surface area contributed by atoms with Crippen LogP contribution in [-0.4, -0.2) is 70.9 Å². The van der Waals surface area contributed by atoms with Crippen LogP contribution in [0.5, 0.6) is 0 Å². The van der Waals surface area contributed by atoms with Gasteiger partial charge in [0, 0.05) is 49.3 Å². The minimum Gasteiger partial charge on any atom is -0.359 e. The molecule has 2 aliphatic heterocycles. The van der Waals surface area contributed by atoms with E-state index in [4.69, 9.17) is 0 Å². The lowest BCUT2D eigenvalue weighted by atomic mass is 10.2. The summed E-state index contributed by atoms with van der Waals surface area (Å²) in [7, 11) is 0. The van der Waals surface area contributed by atoms with Gasteiger partial charge >= 0.3 is 0 Å². The zero-order valence-corrected chi connectivity index (χ0v) is 20.8. The summed E-state index contributed by atoms with van der Waals surface area (Å²) < 4.78 is 0. The lowest BCUT2D eigenvalue weighted by molar-refractivity contribution is -0.117. The number of hydrogen-bond acceptors (Lipinski definition) is 6. The van der Waals surface area contributed by atoms with Crippen molar-refractivity contribution in [3.05, 3.63) is 85.5 Å².